The lowest BCUT2D eigenvalue weighted by atomic mass is 10.1. The lowest BCUT2D eigenvalue weighted by molar-refractivity contribution is -0.0511. The standard InChI is InChI=1S/C11H21NO/c1-3-9(2)12-6-7-13-11(8-12)10-4-5-10/h9-11H,3-8H2,1-2H3. The van der Waals surface area contributed by atoms with Crippen LogP contribution >= 0.6 is 0 Å². The zero-order valence-corrected chi connectivity index (χ0v) is 8.83. The van der Waals surface area contributed by atoms with E-state index in [1.807, 2.05) is 0 Å². The molecular formula is C11H21NO. The molecule has 2 fully saturated rings. The average Bonchev–Trinajstić information content (AvgIpc) is 3.00. The van der Waals surface area contributed by atoms with Crippen LogP contribution in [0.3, 0.4) is 0 Å². The summed E-state index contributed by atoms with van der Waals surface area (Å²) in [4.78, 5) is 2.59. The van der Waals surface area contributed by atoms with Gasteiger partial charge in [0.15, 0.2) is 0 Å². The zero-order valence-electron chi connectivity index (χ0n) is 8.83. The molecule has 0 N–H and O–H groups in total. The first kappa shape index (κ1) is 9.47. The largest absolute Gasteiger partial charge is 0.375 e. The van der Waals surface area contributed by atoms with Gasteiger partial charge in [0.1, 0.15) is 0 Å². The highest BCUT2D eigenvalue weighted by Crippen LogP contribution is 2.35. The minimum absolute atomic E-state index is 0.558. The molecule has 0 amide bonds. The summed E-state index contributed by atoms with van der Waals surface area (Å²) in [5, 5.41) is 0. The van der Waals surface area contributed by atoms with Crippen molar-refractivity contribution in [1.29, 1.82) is 0 Å². The minimum atomic E-state index is 0.558. The van der Waals surface area contributed by atoms with E-state index in [-0.39, 0.29) is 0 Å². The van der Waals surface area contributed by atoms with Crippen LogP contribution in [0.15, 0.2) is 0 Å². The molecule has 2 heteroatoms. The minimum Gasteiger partial charge on any atom is -0.375 e. The fourth-order valence-corrected chi connectivity index (χ4v) is 2.11. The molecule has 2 aliphatic rings. The second-order valence-electron chi connectivity index (χ2n) is 4.50. The van der Waals surface area contributed by atoms with E-state index < -0.39 is 0 Å². The molecule has 0 aromatic rings. The van der Waals surface area contributed by atoms with Gasteiger partial charge in [0.2, 0.25) is 0 Å². The van der Waals surface area contributed by atoms with Gasteiger partial charge in [-0.3, -0.25) is 4.90 Å². The Labute approximate surface area is 81.3 Å². The van der Waals surface area contributed by atoms with Crippen LogP contribution in [0.4, 0.5) is 0 Å². The predicted octanol–water partition coefficient (Wildman–Crippen LogP) is 1.90. The highest BCUT2D eigenvalue weighted by Gasteiger charge is 2.35. The second kappa shape index (κ2) is 3.97. The Bertz CT molecular complexity index is 167. The number of hydrogen-bond donors (Lipinski definition) is 0. The first-order valence-corrected chi connectivity index (χ1v) is 5.67. The van der Waals surface area contributed by atoms with Gasteiger partial charge >= 0.3 is 0 Å². The number of nitrogens with zero attached hydrogens (tertiary/aromatic N) is 1. The molecule has 2 unspecified atom stereocenters. The first-order chi connectivity index (χ1) is 6.31. The topological polar surface area (TPSA) is 12.5 Å². The smallest absolute Gasteiger partial charge is 0.0730 e. The van der Waals surface area contributed by atoms with E-state index in [1.54, 1.807) is 0 Å². The van der Waals surface area contributed by atoms with E-state index in [4.69, 9.17) is 4.74 Å². The van der Waals surface area contributed by atoms with Gasteiger partial charge in [-0.1, -0.05) is 6.92 Å². The molecule has 1 heterocycles. The van der Waals surface area contributed by atoms with E-state index in [2.05, 4.69) is 18.7 Å². The van der Waals surface area contributed by atoms with Crippen molar-refractivity contribution in [1.82, 2.24) is 4.90 Å². The summed E-state index contributed by atoms with van der Waals surface area (Å²) >= 11 is 0. The van der Waals surface area contributed by atoms with E-state index in [0.29, 0.717) is 6.10 Å². The molecule has 1 aliphatic carbocycles. The summed E-state index contributed by atoms with van der Waals surface area (Å²) in [5.74, 6) is 0.895. The third-order valence-electron chi connectivity index (χ3n) is 3.49. The molecule has 0 bridgehead atoms. The molecule has 1 saturated heterocycles. The molecule has 1 saturated carbocycles. The van der Waals surface area contributed by atoms with Crippen molar-refractivity contribution in [3.63, 3.8) is 0 Å². The van der Waals surface area contributed by atoms with Crippen LogP contribution in [0.25, 0.3) is 0 Å². The monoisotopic (exact) mass is 183 g/mol. The number of hydrogen-bond acceptors (Lipinski definition) is 2. The first-order valence-electron chi connectivity index (χ1n) is 5.67. The third kappa shape index (κ3) is 2.23. The van der Waals surface area contributed by atoms with Crippen LogP contribution in [0.2, 0.25) is 0 Å². The molecule has 0 aromatic carbocycles. The maximum absolute atomic E-state index is 5.79. The van der Waals surface area contributed by atoms with Crippen molar-refractivity contribution in [2.45, 2.75) is 45.3 Å². The van der Waals surface area contributed by atoms with Gasteiger partial charge in [0.05, 0.1) is 12.7 Å². The fraction of sp³-hybridized carbons (Fsp3) is 1.00. The lowest BCUT2D eigenvalue weighted by Gasteiger charge is -2.36. The van der Waals surface area contributed by atoms with Crippen molar-refractivity contribution >= 4 is 0 Å². The van der Waals surface area contributed by atoms with Crippen molar-refractivity contribution in [3.05, 3.63) is 0 Å². The Morgan fingerprint density at radius 3 is 2.85 bits per heavy atom. The highest BCUT2D eigenvalue weighted by atomic mass is 16.5. The molecule has 2 atom stereocenters. The van der Waals surface area contributed by atoms with Gasteiger partial charge in [-0.05, 0) is 32.1 Å². The fourth-order valence-electron chi connectivity index (χ4n) is 2.11. The number of rotatable bonds is 3. The van der Waals surface area contributed by atoms with Gasteiger partial charge in [0.25, 0.3) is 0 Å². The van der Waals surface area contributed by atoms with Crippen molar-refractivity contribution < 1.29 is 4.74 Å². The Balaban J connectivity index is 1.83. The summed E-state index contributed by atoms with van der Waals surface area (Å²) < 4.78 is 5.79. The zero-order chi connectivity index (χ0) is 9.26. The summed E-state index contributed by atoms with van der Waals surface area (Å²) in [7, 11) is 0. The number of ether oxygens (including phenoxy) is 1. The van der Waals surface area contributed by atoms with E-state index in [0.717, 1.165) is 25.1 Å². The summed E-state index contributed by atoms with van der Waals surface area (Å²) in [6.45, 7) is 7.87. The maximum Gasteiger partial charge on any atom is 0.0730 e. The molecule has 76 valence electrons. The van der Waals surface area contributed by atoms with Gasteiger partial charge < -0.3 is 4.74 Å². The molecule has 1 aliphatic heterocycles. The molecular weight excluding hydrogens is 162 g/mol. The molecule has 2 rings (SSSR count). The van der Waals surface area contributed by atoms with Crippen LogP contribution in [-0.2, 0) is 4.74 Å². The molecule has 13 heavy (non-hydrogen) atoms. The number of morpholine rings is 1. The van der Waals surface area contributed by atoms with Gasteiger partial charge in [-0.25, -0.2) is 0 Å². The predicted molar refractivity (Wildman–Crippen MR) is 53.8 cm³/mol. The van der Waals surface area contributed by atoms with E-state index >= 15 is 0 Å². The molecule has 0 spiro atoms. The highest BCUT2D eigenvalue weighted by molar-refractivity contribution is 4.87. The van der Waals surface area contributed by atoms with Gasteiger partial charge in [0, 0.05) is 19.1 Å². The molecule has 0 radical (unpaired) electrons. The third-order valence-corrected chi connectivity index (χ3v) is 3.49. The van der Waals surface area contributed by atoms with Crippen LogP contribution in [0, 0.1) is 5.92 Å². The van der Waals surface area contributed by atoms with E-state index in [1.165, 1.54) is 25.8 Å². The van der Waals surface area contributed by atoms with Crippen LogP contribution in [0.1, 0.15) is 33.1 Å². The normalized spacial score (nSPS) is 33.2. The molecule has 0 aromatic heterocycles. The van der Waals surface area contributed by atoms with Gasteiger partial charge in [-0.15, -0.1) is 0 Å². The van der Waals surface area contributed by atoms with Crippen molar-refractivity contribution in [2.24, 2.45) is 5.92 Å². The second-order valence-corrected chi connectivity index (χ2v) is 4.50. The lowest BCUT2D eigenvalue weighted by Crippen LogP contribution is -2.47. The molecule has 2 nitrogen and oxygen atoms in total. The Kier molecular flexibility index (Phi) is 2.89. The quantitative estimate of drug-likeness (QED) is 0.662. The van der Waals surface area contributed by atoms with Crippen LogP contribution in [-0.4, -0.2) is 36.7 Å². The van der Waals surface area contributed by atoms with E-state index in [9.17, 15) is 0 Å². The van der Waals surface area contributed by atoms with Crippen molar-refractivity contribution in [2.75, 3.05) is 19.7 Å². The van der Waals surface area contributed by atoms with Gasteiger partial charge in [-0.2, -0.15) is 0 Å². The Morgan fingerprint density at radius 1 is 1.46 bits per heavy atom. The van der Waals surface area contributed by atoms with Crippen LogP contribution in [0.5, 0.6) is 0 Å². The Morgan fingerprint density at radius 2 is 2.23 bits per heavy atom. The maximum atomic E-state index is 5.79. The van der Waals surface area contributed by atoms with Crippen LogP contribution < -0.4 is 0 Å². The summed E-state index contributed by atoms with van der Waals surface area (Å²) in [6.07, 6.45) is 4.62. The Hall–Kier alpha value is -0.0800. The summed E-state index contributed by atoms with van der Waals surface area (Å²) in [6, 6.07) is 0.741. The summed E-state index contributed by atoms with van der Waals surface area (Å²) in [5.41, 5.74) is 0. The van der Waals surface area contributed by atoms with Crippen molar-refractivity contribution in [3.8, 4) is 0 Å². The SMILES string of the molecule is CCC(C)N1CCOC(C2CC2)C1. The average molecular weight is 183 g/mol.